The Labute approximate surface area is 475 Å². The van der Waals surface area contributed by atoms with Gasteiger partial charge in [0.15, 0.2) is 11.6 Å². The molecule has 4 saturated heterocycles. The van der Waals surface area contributed by atoms with Gasteiger partial charge in [-0.2, -0.15) is 9.97 Å². The van der Waals surface area contributed by atoms with Gasteiger partial charge >= 0.3 is 6.01 Å². The highest BCUT2D eigenvalue weighted by Gasteiger charge is 2.46. The van der Waals surface area contributed by atoms with Crippen molar-refractivity contribution in [3.63, 3.8) is 0 Å². The summed E-state index contributed by atoms with van der Waals surface area (Å²) in [6.45, 7) is 16.5. The molecule has 5 fully saturated rings. The van der Waals surface area contributed by atoms with Gasteiger partial charge in [-0.25, -0.2) is 13.8 Å². The molecule has 5 aliphatic rings. The number of hydrogen-bond donors (Lipinski definition) is 5. The van der Waals surface area contributed by atoms with Gasteiger partial charge in [-0.05, 0) is 123 Å². The number of phenols is 3. The number of hydrogen-bond acceptors (Lipinski definition) is 16. The molecule has 2 atom stereocenters. The van der Waals surface area contributed by atoms with Crippen molar-refractivity contribution in [2.24, 2.45) is 11.3 Å². The molecule has 0 radical (unpaired) electrons. The highest BCUT2D eigenvalue weighted by atomic mass is 19.1. The van der Waals surface area contributed by atoms with Crippen LogP contribution in [0, 0.1) is 35.3 Å². The van der Waals surface area contributed by atoms with Gasteiger partial charge in [0.05, 0.1) is 24.8 Å². The monoisotopic (exact) mass is 1120 g/mol. The van der Waals surface area contributed by atoms with Crippen molar-refractivity contribution >= 4 is 33.4 Å². The van der Waals surface area contributed by atoms with Crippen LogP contribution in [-0.2, 0) is 6.54 Å². The van der Waals surface area contributed by atoms with Crippen LogP contribution in [-0.4, -0.2) is 163 Å². The highest BCUT2D eigenvalue weighted by Crippen LogP contribution is 2.48. The normalized spacial score (nSPS) is 19.5. The summed E-state index contributed by atoms with van der Waals surface area (Å²) in [5, 5.41) is 48.4. The van der Waals surface area contributed by atoms with Gasteiger partial charge in [-0.1, -0.05) is 38.0 Å². The van der Waals surface area contributed by atoms with Crippen molar-refractivity contribution in [3.8, 4) is 69.8 Å². The molecule has 1 aliphatic carbocycles. The summed E-state index contributed by atoms with van der Waals surface area (Å²) < 4.78 is 46.8. The van der Waals surface area contributed by atoms with Crippen LogP contribution in [0.1, 0.15) is 92.5 Å². The van der Waals surface area contributed by atoms with Crippen molar-refractivity contribution in [1.82, 2.24) is 55.0 Å². The van der Waals surface area contributed by atoms with Crippen molar-refractivity contribution in [1.29, 1.82) is 0 Å². The molecule has 7 heterocycles. The molecule has 18 nitrogen and oxygen atoms in total. The molecular formula is C62H70F2N12O6. The zero-order valence-corrected chi connectivity index (χ0v) is 46.9. The highest BCUT2D eigenvalue weighted by molar-refractivity contribution is 6.04. The first kappa shape index (κ1) is 54.9. The van der Waals surface area contributed by atoms with E-state index in [-0.39, 0.29) is 92.0 Å². The van der Waals surface area contributed by atoms with Gasteiger partial charge in [0.1, 0.15) is 45.5 Å². The minimum atomic E-state index is -0.791. The van der Waals surface area contributed by atoms with Crippen LogP contribution in [0.25, 0.3) is 50.0 Å². The SMILES string of the molecule is C#Cc1c(F)ccc2cc(O)cc(-c3nc(OC)c4c(N5CC6CCC(C5)N6)nc(OCC5(CN6CCN(CC7CCN(Cc8ccc(-n9c(C(=O)NCC)nnc9-c9cc(C(C)C)c(O)cc9O)cc8)CC7)CC6)CC5)nc4c3F)c12. The number of halogens is 2. The van der Waals surface area contributed by atoms with E-state index >= 15 is 8.78 Å². The van der Waals surface area contributed by atoms with E-state index in [4.69, 9.17) is 25.9 Å². The summed E-state index contributed by atoms with van der Waals surface area (Å²) in [5.74, 6) is 1.83. The molecule has 1 amide bonds. The van der Waals surface area contributed by atoms with Crippen LogP contribution < -0.4 is 25.0 Å². The number of pyridine rings is 1. The number of nitrogens with one attached hydrogen (secondary N) is 2. The predicted octanol–water partition coefficient (Wildman–Crippen LogP) is 7.98. The summed E-state index contributed by atoms with van der Waals surface area (Å²) in [6, 6.07) is 17.1. The van der Waals surface area contributed by atoms with E-state index in [0.29, 0.717) is 71.4 Å². The van der Waals surface area contributed by atoms with Crippen LogP contribution in [0.4, 0.5) is 14.6 Å². The number of likely N-dealkylation sites (tertiary alicyclic amines) is 1. The second-order valence-corrected chi connectivity index (χ2v) is 23.4. The molecule has 428 valence electrons. The average Bonchev–Trinajstić information content (AvgIpc) is 1.83. The first-order valence-electron chi connectivity index (χ1n) is 28.8. The van der Waals surface area contributed by atoms with Crippen LogP contribution >= 0.6 is 0 Å². The Morgan fingerprint density at radius 3 is 2.27 bits per heavy atom. The molecule has 2 bridgehead atoms. The van der Waals surface area contributed by atoms with Crippen LogP contribution in [0.15, 0.2) is 60.7 Å². The third kappa shape index (κ3) is 10.8. The van der Waals surface area contributed by atoms with Gasteiger partial charge in [0.2, 0.25) is 11.7 Å². The fraction of sp³-hybridized carbons (Fsp3) is 0.452. The molecule has 7 aromatic rings. The van der Waals surface area contributed by atoms with Crippen LogP contribution in [0.3, 0.4) is 0 Å². The minimum absolute atomic E-state index is 0.00668. The summed E-state index contributed by atoms with van der Waals surface area (Å²) >= 11 is 0. The first-order chi connectivity index (χ1) is 39.7. The fourth-order valence-electron chi connectivity index (χ4n) is 12.8. The number of rotatable bonds is 17. The van der Waals surface area contributed by atoms with E-state index in [1.165, 1.54) is 37.4 Å². The van der Waals surface area contributed by atoms with E-state index in [1.54, 1.807) is 10.6 Å². The summed E-state index contributed by atoms with van der Waals surface area (Å²) in [7, 11) is 1.46. The van der Waals surface area contributed by atoms with E-state index in [9.17, 15) is 20.1 Å². The third-order valence-electron chi connectivity index (χ3n) is 17.4. The van der Waals surface area contributed by atoms with Crippen molar-refractivity contribution in [2.75, 3.05) is 90.6 Å². The molecule has 12 rings (SSSR count). The number of nitrogens with zero attached hydrogens (tertiary/aromatic N) is 10. The summed E-state index contributed by atoms with van der Waals surface area (Å²) in [6.07, 6.45) is 12.1. The van der Waals surface area contributed by atoms with E-state index in [2.05, 4.69) is 63.5 Å². The number of carbonyl (C=O) groups excluding carboxylic acids is 1. The van der Waals surface area contributed by atoms with Gasteiger partial charge in [0.25, 0.3) is 5.91 Å². The van der Waals surface area contributed by atoms with Gasteiger partial charge in [-0.3, -0.25) is 14.3 Å². The number of phenolic OH excluding ortho intramolecular Hbond substituents is 3. The molecule has 0 spiro atoms. The Bertz CT molecular complexity index is 3600. The summed E-state index contributed by atoms with van der Waals surface area (Å²) in [5.41, 5.74) is 2.56. The van der Waals surface area contributed by atoms with Gasteiger partial charge < -0.3 is 50.1 Å². The number of anilines is 1. The number of carbonyl (C=O) groups is 1. The number of piperazine rings is 2. The van der Waals surface area contributed by atoms with Crippen molar-refractivity contribution in [2.45, 2.75) is 83.8 Å². The van der Waals surface area contributed by atoms with E-state index in [0.717, 1.165) is 103 Å². The maximum Gasteiger partial charge on any atom is 0.319 e. The maximum absolute atomic E-state index is 17.5. The number of benzene rings is 4. The Hall–Kier alpha value is -7.70. The number of methoxy groups -OCH3 is 1. The van der Waals surface area contributed by atoms with E-state index in [1.807, 2.05) is 32.9 Å². The predicted molar refractivity (Wildman–Crippen MR) is 309 cm³/mol. The largest absolute Gasteiger partial charge is 0.508 e. The Morgan fingerprint density at radius 2 is 1.59 bits per heavy atom. The lowest BCUT2D eigenvalue weighted by Crippen LogP contribution is -2.51. The fourth-order valence-corrected chi connectivity index (χ4v) is 12.8. The molecule has 20 heteroatoms. The summed E-state index contributed by atoms with van der Waals surface area (Å²) in [4.78, 5) is 37.5. The number of aromatic hydroxyl groups is 3. The van der Waals surface area contributed by atoms with Crippen LogP contribution in [0.2, 0.25) is 0 Å². The maximum atomic E-state index is 17.5. The molecule has 4 aliphatic heterocycles. The number of piperidine rings is 1. The number of aromatic nitrogens is 6. The molecule has 5 N–H and O–H groups in total. The molecule has 1 saturated carbocycles. The van der Waals surface area contributed by atoms with Crippen LogP contribution in [0.5, 0.6) is 29.1 Å². The van der Waals surface area contributed by atoms with Crippen molar-refractivity contribution in [3.05, 3.63) is 94.8 Å². The Morgan fingerprint density at radius 1 is 0.854 bits per heavy atom. The molecule has 3 aromatic heterocycles. The molecule has 2 unspecified atom stereocenters. The first-order valence-corrected chi connectivity index (χ1v) is 28.8. The second-order valence-electron chi connectivity index (χ2n) is 23.4. The Balaban J connectivity index is 0.678. The molecular weight excluding hydrogens is 1050 g/mol. The number of amides is 1. The second kappa shape index (κ2) is 22.6. The zero-order chi connectivity index (χ0) is 57.0. The molecule has 4 aromatic carbocycles. The topological polar surface area (TPSA) is 203 Å². The lowest BCUT2D eigenvalue weighted by atomic mass is 9.95. The lowest BCUT2D eigenvalue weighted by Gasteiger charge is -2.39. The quantitative estimate of drug-likeness (QED) is 0.0549. The Kier molecular flexibility index (Phi) is 15.1. The average molecular weight is 1120 g/mol. The number of fused-ring (bicyclic) bond motifs is 4. The van der Waals surface area contributed by atoms with Gasteiger partial charge in [-0.15, -0.1) is 16.6 Å². The number of ether oxygens (including phenoxy) is 2. The van der Waals surface area contributed by atoms with Gasteiger partial charge in [0, 0.05) is 106 Å². The van der Waals surface area contributed by atoms with E-state index < -0.39 is 11.6 Å². The smallest absolute Gasteiger partial charge is 0.319 e. The number of terminal acetylenes is 1. The standard InChI is InChI=1S/C62H70F2N12O6/c1-6-44-48(63)15-10-39-26-43(77)27-47(51(39)44)54-53(64)55-52(60(67-54)81-5)57(75-32-40-11-12-41(33-75)66-40)69-61(68-55)82-35-62(18-19-62)34-74-24-22-73(23-25-74)31-38-16-20-72(21-17-38)30-37-8-13-42(14-9-37)76-56(70-71-58(76)59(80)65-7-2)46-28-45(36(3)4)49(78)29-50(46)79/h1,8-10,13-15,26-29,36,38,40-41,66,77-79H,7,11-12,16-25,30-35H2,2-5H3,(H,65,80). The molecule has 82 heavy (non-hydrogen) atoms. The van der Waals surface area contributed by atoms with Crippen molar-refractivity contribution < 1.29 is 38.4 Å². The lowest BCUT2D eigenvalue weighted by molar-refractivity contribution is 0.0745. The zero-order valence-electron chi connectivity index (χ0n) is 46.9. The minimum Gasteiger partial charge on any atom is -0.508 e. The third-order valence-corrected chi connectivity index (χ3v) is 17.4.